The lowest BCUT2D eigenvalue weighted by Gasteiger charge is -2.31. The molecule has 10 nitrogen and oxygen atoms in total. The van der Waals surface area contributed by atoms with Gasteiger partial charge in [0.2, 0.25) is 0 Å². The quantitative estimate of drug-likeness (QED) is 0.369. The lowest BCUT2D eigenvalue weighted by atomic mass is 10.0. The van der Waals surface area contributed by atoms with Gasteiger partial charge in [0.1, 0.15) is 23.1 Å². The number of nitrogens with two attached hydrogens (primary N) is 1. The molecule has 1 aliphatic rings. The molecule has 0 spiro atoms. The summed E-state index contributed by atoms with van der Waals surface area (Å²) >= 11 is 6.48. The van der Waals surface area contributed by atoms with Crippen molar-refractivity contribution in [3.63, 3.8) is 0 Å². The maximum absolute atomic E-state index is 15.4. The molecule has 184 valence electrons. The molecule has 0 unspecified atom stereocenters. The Bertz CT molecular complexity index is 1480. The standard InChI is InChI=1S/C24H21ClFN7O3/c25-16-11-29-22(27)19-20(31-33(21(16)19)14-4-3-9-32(12-14)24(35)36)15-7-6-13(10-17(15)26)23(34)30-18-5-1-2-8-28-18/h1-2,5-8,10-11,14H,3-4,9,12H2,(H2,27,29)(H,35,36)(H,28,30,34)/t14-/m1/s1. The molecule has 1 atom stereocenters. The number of pyridine rings is 2. The van der Waals surface area contributed by atoms with Crippen LogP contribution in [0.2, 0.25) is 5.02 Å². The highest BCUT2D eigenvalue weighted by Gasteiger charge is 2.29. The van der Waals surface area contributed by atoms with Gasteiger partial charge in [-0.2, -0.15) is 5.10 Å². The second kappa shape index (κ2) is 9.42. The third kappa shape index (κ3) is 4.29. The molecule has 0 bridgehead atoms. The number of fused-ring (bicyclic) bond motifs is 1. The summed E-state index contributed by atoms with van der Waals surface area (Å²) in [7, 11) is 0. The van der Waals surface area contributed by atoms with Crippen molar-refractivity contribution < 1.29 is 19.1 Å². The van der Waals surface area contributed by atoms with Crippen molar-refractivity contribution in [2.24, 2.45) is 0 Å². The molecule has 0 saturated carbocycles. The van der Waals surface area contributed by atoms with Gasteiger partial charge in [0, 0.05) is 30.4 Å². The average Bonchev–Trinajstić information content (AvgIpc) is 3.28. The second-order valence-corrected chi connectivity index (χ2v) is 8.80. The largest absolute Gasteiger partial charge is 0.465 e. The van der Waals surface area contributed by atoms with Gasteiger partial charge in [-0.25, -0.2) is 19.2 Å². The number of carboxylic acid groups (broad SMARTS) is 1. The van der Waals surface area contributed by atoms with E-state index < -0.39 is 17.8 Å². The topological polar surface area (TPSA) is 139 Å². The van der Waals surface area contributed by atoms with Gasteiger partial charge in [0.25, 0.3) is 5.91 Å². The number of likely N-dealkylation sites (tertiary alicyclic amines) is 1. The van der Waals surface area contributed by atoms with Crippen molar-refractivity contribution in [1.82, 2.24) is 24.6 Å². The van der Waals surface area contributed by atoms with Gasteiger partial charge < -0.3 is 21.1 Å². The second-order valence-electron chi connectivity index (χ2n) is 8.40. The molecule has 1 aromatic carbocycles. The van der Waals surface area contributed by atoms with Crippen LogP contribution in [0.4, 0.5) is 20.8 Å². The molecule has 2 amide bonds. The molecule has 4 N–H and O–H groups in total. The maximum atomic E-state index is 15.4. The first-order chi connectivity index (χ1) is 17.3. The highest BCUT2D eigenvalue weighted by atomic mass is 35.5. The summed E-state index contributed by atoms with van der Waals surface area (Å²) in [5.41, 5.74) is 7.04. The summed E-state index contributed by atoms with van der Waals surface area (Å²) in [6, 6.07) is 8.77. The Labute approximate surface area is 209 Å². The molecule has 1 aliphatic heterocycles. The predicted octanol–water partition coefficient (Wildman–Crippen LogP) is 4.44. The monoisotopic (exact) mass is 509 g/mol. The van der Waals surface area contributed by atoms with Crippen LogP contribution in [0, 0.1) is 5.82 Å². The first-order valence-electron chi connectivity index (χ1n) is 11.2. The van der Waals surface area contributed by atoms with Gasteiger partial charge in [-0.05, 0) is 43.2 Å². The Morgan fingerprint density at radius 1 is 1.22 bits per heavy atom. The average molecular weight is 510 g/mol. The first kappa shape index (κ1) is 23.5. The summed E-state index contributed by atoms with van der Waals surface area (Å²) in [5.74, 6) is -0.758. The van der Waals surface area contributed by atoms with Crippen LogP contribution in [0.1, 0.15) is 29.2 Å². The molecule has 1 fully saturated rings. The molecule has 4 heterocycles. The molecule has 0 aliphatic carbocycles. The zero-order chi connectivity index (χ0) is 25.4. The van der Waals surface area contributed by atoms with Crippen molar-refractivity contribution in [3.05, 3.63) is 65.2 Å². The Hall–Kier alpha value is -4.25. The molecule has 0 radical (unpaired) electrons. The van der Waals surface area contributed by atoms with Crippen LogP contribution in [-0.4, -0.2) is 54.8 Å². The van der Waals surface area contributed by atoms with E-state index in [1.165, 1.54) is 29.4 Å². The van der Waals surface area contributed by atoms with E-state index in [1.807, 2.05) is 0 Å². The minimum atomic E-state index is -1.02. The van der Waals surface area contributed by atoms with Crippen LogP contribution >= 0.6 is 11.6 Å². The number of piperidine rings is 1. The normalized spacial score (nSPS) is 15.7. The van der Waals surface area contributed by atoms with E-state index in [0.717, 1.165) is 6.07 Å². The van der Waals surface area contributed by atoms with E-state index in [2.05, 4.69) is 20.4 Å². The number of halogens is 2. The van der Waals surface area contributed by atoms with Crippen molar-refractivity contribution in [1.29, 1.82) is 0 Å². The van der Waals surface area contributed by atoms with E-state index in [0.29, 0.717) is 36.1 Å². The Balaban J connectivity index is 1.56. The van der Waals surface area contributed by atoms with Gasteiger partial charge >= 0.3 is 6.09 Å². The number of hydrogen-bond donors (Lipinski definition) is 3. The van der Waals surface area contributed by atoms with Crippen LogP contribution in [-0.2, 0) is 0 Å². The molecule has 36 heavy (non-hydrogen) atoms. The number of nitrogen functional groups attached to an aromatic ring is 1. The molecule has 12 heteroatoms. The number of amides is 2. The number of benzene rings is 1. The fourth-order valence-electron chi connectivity index (χ4n) is 4.41. The summed E-state index contributed by atoms with van der Waals surface area (Å²) in [6.45, 7) is 0.630. The van der Waals surface area contributed by atoms with E-state index in [1.54, 1.807) is 22.9 Å². The number of anilines is 2. The Kier molecular flexibility index (Phi) is 6.15. The lowest BCUT2D eigenvalue weighted by molar-refractivity contribution is 0.102. The SMILES string of the molecule is Nc1ncc(Cl)c2c1c(-c1ccc(C(=O)Nc3ccccn3)cc1F)nn2[C@@H]1CCCN(C(=O)O)C1. The van der Waals surface area contributed by atoms with Crippen molar-refractivity contribution >= 4 is 46.1 Å². The third-order valence-corrected chi connectivity index (χ3v) is 6.39. The van der Waals surface area contributed by atoms with Crippen molar-refractivity contribution in [3.8, 4) is 11.3 Å². The summed E-state index contributed by atoms with van der Waals surface area (Å²) in [5, 5.41) is 17.3. The van der Waals surface area contributed by atoms with Gasteiger partial charge in [0.15, 0.2) is 0 Å². The fraction of sp³-hybridized carbons (Fsp3) is 0.208. The van der Waals surface area contributed by atoms with Gasteiger partial charge in [-0.15, -0.1) is 0 Å². The molecular weight excluding hydrogens is 489 g/mol. The smallest absolute Gasteiger partial charge is 0.407 e. The number of aromatic nitrogens is 4. The first-order valence-corrected chi connectivity index (χ1v) is 11.5. The highest BCUT2D eigenvalue weighted by Crippen LogP contribution is 2.39. The molecule has 5 rings (SSSR count). The van der Waals surface area contributed by atoms with Crippen LogP contribution in [0.3, 0.4) is 0 Å². The Morgan fingerprint density at radius 3 is 2.78 bits per heavy atom. The molecular formula is C24H21ClFN7O3. The molecule has 1 saturated heterocycles. The number of hydrogen-bond acceptors (Lipinski definition) is 6. The van der Waals surface area contributed by atoms with Crippen LogP contribution < -0.4 is 11.1 Å². The van der Waals surface area contributed by atoms with Gasteiger partial charge in [0.05, 0.1) is 28.2 Å². The number of carbonyl (C=O) groups is 2. The highest BCUT2D eigenvalue weighted by molar-refractivity contribution is 6.35. The van der Waals surface area contributed by atoms with Gasteiger partial charge in [-0.3, -0.25) is 9.48 Å². The zero-order valence-electron chi connectivity index (χ0n) is 18.9. The minimum absolute atomic E-state index is 0.0964. The molecule has 3 aromatic heterocycles. The fourth-order valence-corrected chi connectivity index (χ4v) is 4.64. The number of nitrogens with one attached hydrogen (secondary N) is 1. The van der Waals surface area contributed by atoms with E-state index >= 15 is 4.39 Å². The number of nitrogens with zero attached hydrogens (tertiary/aromatic N) is 5. The van der Waals surface area contributed by atoms with Crippen LogP contribution in [0.15, 0.2) is 48.8 Å². The summed E-state index contributed by atoms with van der Waals surface area (Å²) in [4.78, 5) is 33.6. The van der Waals surface area contributed by atoms with Crippen LogP contribution in [0.25, 0.3) is 22.2 Å². The van der Waals surface area contributed by atoms with Crippen molar-refractivity contribution in [2.75, 3.05) is 24.1 Å². The minimum Gasteiger partial charge on any atom is -0.465 e. The summed E-state index contributed by atoms with van der Waals surface area (Å²) in [6.07, 6.45) is 3.20. The Morgan fingerprint density at radius 2 is 2.06 bits per heavy atom. The summed E-state index contributed by atoms with van der Waals surface area (Å²) < 4.78 is 17.0. The molecule has 4 aromatic rings. The third-order valence-electron chi connectivity index (χ3n) is 6.12. The zero-order valence-corrected chi connectivity index (χ0v) is 19.6. The van der Waals surface area contributed by atoms with Crippen molar-refractivity contribution in [2.45, 2.75) is 18.9 Å². The lowest BCUT2D eigenvalue weighted by Crippen LogP contribution is -2.40. The van der Waals surface area contributed by atoms with E-state index in [9.17, 15) is 14.7 Å². The maximum Gasteiger partial charge on any atom is 0.407 e. The van der Waals surface area contributed by atoms with E-state index in [4.69, 9.17) is 17.3 Å². The predicted molar refractivity (Wildman–Crippen MR) is 132 cm³/mol. The number of rotatable bonds is 4. The van der Waals surface area contributed by atoms with Gasteiger partial charge in [-0.1, -0.05) is 17.7 Å². The van der Waals surface area contributed by atoms with E-state index in [-0.39, 0.29) is 40.2 Å². The van der Waals surface area contributed by atoms with Crippen LogP contribution in [0.5, 0.6) is 0 Å². The number of carbonyl (C=O) groups excluding carboxylic acids is 1.